The molecule has 132 valence electrons. The third-order valence-corrected chi connectivity index (χ3v) is 3.36. The number of benzene rings is 2. The van der Waals surface area contributed by atoms with E-state index in [2.05, 4.69) is 5.32 Å². The molecule has 0 radical (unpaired) electrons. The zero-order valence-electron chi connectivity index (χ0n) is 12.8. The minimum absolute atomic E-state index is 0.0934. The molecule has 0 spiro atoms. The van der Waals surface area contributed by atoms with Crippen molar-refractivity contribution in [3.05, 3.63) is 47.5 Å². The first kappa shape index (κ1) is 18.1. The number of nitrogens with two attached hydrogens (primary N) is 1. The molecule has 6 nitrogen and oxygen atoms in total. The summed E-state index contributed by atoms with van der Waals surface area (Å²) in [6.07, 6.45) is -4.72. The quantitative estimate of drug-likeness (QED) is 0.781. The summed E-state index contributed by atoms with van der Waals surface area (Å²) in [5.41, 5.74) is 2.46. The van der Waals surface area contributed by atoms with Crippen LogP contribution in [0.4, 0.5) is 23.7 Å². The van der Waals surface area contributed by atoms with E-state index in [1.807, 2.05) is 0 Å². The van der Waals surface area contributed by atoms with Crippen molar-refractivity contribution in [1.29, 1.82) is 0 Å². The van der Waals surface area contributed by atoms with Crippen LogP contribution in [0.1, 0.15) is 15.9 Å². The number of methoxy groups -OCH3 is 1. The summed E-state index contributed by atoms with van der Waals surface area (Å²) in [6, 6.07) is 5.86. The third-order valence-electron chi connectivity index (χ3n) is 3.36. The van der Waals surface area contributed by atoms with Gasteiger partial charge in [0.05, 0.1) is 23.9 Å². The molecule has 0 aromatic heterocycles. The zero-order valence-corrected chi connectivity index (χ0v) is 12.8. The van der Waals surface area contributed by atoms with Crippen LogP contribution >= 0.6 is 0 Å². The van der Waals surface area contributed by atoms with Gasteiger partial charge >= 0.3 is 18.2 Å². The Labute approximate surface area is 140 Å². The number of alkyl halides is 3. The Hall–Kier alpha value is -3.23. The summed E-state index contributed by atoms with van der Waals surface area (Å²) in [4.78, 5) is 22.8. The second-order valence-electron chi connectivity index (χ2n) is 4.90. The number of aromatic carboxylic acids is 1. The van der Waals surface area contributed by atoms with Gasteiger partial charge in [-0.1, -0.05) is 18.2 Å². The number of hydrogen-bond acceptors (Lipinski definition) is 3. The van der Waals surface area contributed by atoms with E-state index in [1.54, 1.807) is 0 Å². The van der Waals surface area contributed by atoms with Crippen molar-refractivity contribution >= 4 is 17.7 Å². The predicted molar refractivity (Wildman–Crippen MR) is 83.6 cm³/mol. The Balaban J connectivity index is 2.89. The van der Waals surface area contributed by atoms with Crippen LogP contribution in [-0.4, -0.2) is 24.2 Å². The maximum Gasteiger partial charge on any atom is 0.417 e. The van der Waals surface area contributed by atoms with Crippen molar-refractivity contribution < 1.29 is 32.6 Å². The van der Waals surface area contributed by atoms with Gasteiger partial charge in [0.15, 0.2) is 0 Å². The molecule has 0 aliphatic rings. The Morgan fingerprint density at radius 2 is 1.80 bits per heavy atom. The zero-order chi connectivity index (χ0) is 18.8. The van der Waals surface area contributed by atoms with Gasteiger partial charge in [0.1, 0.15) is 5.75 Å². The van der Waals surface area contributed by atoms with Crippen LogP contribution < -0.4 is 15.8 Å². The first-order valence-electron chi connectivity index (χ1n) is 6.84. The first-order chi connectivity index (χ1) is 11.7. The molecule has 0 bridgehead atoms. The van der Waals surface area contributed by atoms with Crippen LogP contribution in [0.3, 0.4) is 0 Å². The summed E-state index contributed by atoms with van der Waals surface area (Å²) in [7, 11) is 1.20. The monoisotopic (exact) mass is 354 g/mol. The topological polar surface area (TPSA) is 102 Å². The highest BCUT2D eigenvalue weighted by Gasteiger charge is 2.35. The number of carbonyl (C=O) groups is 2. The number of halogens is 3. The lowest BCUT2D eigenvalue weighted by atomic mass is 9.93. The Kier molecular flexibility index (Phi) is 4.87. The molecule has 0 saturated heterocycles. The van der Waals surface area contributed by atoms with Gasteiger partial charge in [0.2, 0.25) is 0 Å². The molecule has 0 aliphatic heterocycles. The molecular formula is C16H13F3N2O4. The Bertz CT molecular complexity index is 835. The smallest absolute Gasteiger partial charge is 0.417 e. The van der Waals surface area contributed by atoms with E-state index >= 15 is 0 Å². The summed E-state index contributed by atoms with van der Waals surface area (Å²) in [5.74, 6) is -1.64. The molecule has 25 heavy (non-hydrogen) atoms. The van der Waals surface area contributed by atoms with E-state index in [9.17, 15) is 27.9 Å². The summed E-state index contributed by atoms with van der Waals surface area (Å²) in [5, 5.41) is 11.6. The molecule has 0 aliphatic carbocycles. The van der Waals surface area contributed by atoms with Crippen molar-refractivity contribution in [2.45, 2.75) is 6.18 Å². The fourth-order valence-electron chi connectivity index (χ4n) is 2.43. The summed E-state index contributed by atoms with van der Waals surface area (Å²) in [6.45, 7) is 0. The molecule has 2 amide bonds. The highest BCUT2D eigenvalue weighted by atomic mass is 19.4. The molecule has 0 fully saturated rings. The van der Waals surface area contributed by atoms with Crippen molar-refractivity contribution in [2.75, 3.05) is 12.4 Å². The fraction of sp³-hybridized carbons (Fsp3) is 0.125. The number of urea groups is 1. The predicted octanol–water partition coefficient (Wildman–Crippen LogP) is 3.57. The Morgan fingerprint density at radius 1 is 1.16 bits per heavy atom. The molecule has 4 N–H and O–H groups in total. The Morgan fingerprint density at radius 3 is 2.32 bits per heavy atom. The van der Waals surface area contributed by atoms with E-state index in [1.165, 1.54) is 31.4 Å². The van der Waals surface area contributed by atoms with Crippen molar-refractivity contribution in [3.63, 3.8) is 0 Å². The van der Waals surface area contributed by atoms with Crippen LogP contribution in [0.25, 0.3) is 11.1 Å². The van der Waals surface area contributed by atoms with E-state index < -0.39 is 34.9 Å². The van der Waals surface area contributed by atoms with Gasteiger partial charge in [-0.05, 0) is 23.8 Å². The van der Waals surface area contributed by atoms with Crippen LogP contribution in [0.15, 0.2) is 36.4 Å². The number of hydrogen-bond donors (Lipinski definition) is 3. The second kappa shape index (κ2) is 6.71. The normalized spacial score (nSPS) is 11.0. The standard InChI is InChI=1S/C16H13F3N2O4/c1-25-11-7-6-10(21-15(20)24)13(14(22)23)12(11)8-4-2-3-5-9(8)16(17,18)19/h2-7H,1H3,(H,22,23)(H3,20,21,24). The van der Waals surface area contributed by atoms with Crippen LogP contribution in [0, 0.1) is 0 Å². The van der Waals surface area contributed by atoms with Gasteiger partial charge in [-0.15, -0.1) is 0 Å². The van der Waals surface area contributed by atoms with E-state index in [0.29, 0.717) is 0 Å². The molecule has 0 saturated carbocycles. The molecular weight excluding hydrogens is 341 g/mol. The average molecular weight is 354 g/mol. The van der Waals surface area contributed by atoms with Gasteiger partial charge in [-0.3, -0.25) is 0 Å². The number of carbonyl (C=O) groups excluding carboxylic acids is 1. The molecule has 0 unspecified atom stereocenters. The van der Waals surface area contributed by atoms with Gasteiger partial charge < -0.3 is 20.9 Å². The number of ether oxygens (including phenoxy) is 1. The number of carboxylic acid groups (broad SMARTS) is 1. The minimum atomic E-state index is -4.72. The first-order valence-corrected chi connectivity index (χ1v) is 6.84. The summed E-state index contributed by atoms with van der Waals surface area (Å²) < 4.78 is 45.0. The maximum absolute atomic E-state index is 13.3. The van der Waals surface area contributed by atoms with Crippen LogP contribution in [0.5, 0.6) is 5.75 Å². The molecule has 2 rings (SSSR count). The van der Waals surface area contributed by atoms with E-state index in [-0.39, 0.29) is 17.0 Å². The highest BCUT2D eigenvalue weighted by molar-refractivity contribution is 6.07. The molecule has 0 atom stereocenters. The lowest BCUT2D eigenvalue weighted by Crippen LogP contribution is -2.21. The van der Waals surface area contributed by atoms with Crippen molar-refractivity contribution in [1.82, 2.24) is 0 Å². The van der Waals surface area contributed by atoms with Crippen LogP contribution in [0.2, 0.25) is 0 Å². The number of carboxylic acids is 1. The van der Waals surface area contributed by atoms with E-state index in [0.717, 1.165) is 12.1 Å². The molecule has 0 heterocycles. The van der Waals surface area contributed by atoms with Crippen molar-refractivity contribution in [2.24, 2.45) is 5.73 Å². The third kappa shape index (κ3) is 3.65. The molecule has 2 aromatic rings. The number of nitrogens with one attached hydrogen (secondary N) is 1. The maximum atomic E-state index is 13.3. The van der Waals surface area contributed by atoms with E-state index in [4.69, 9.17) is 10.5 Å². The number of amides is 2. The van der Waals surface area contributed by atoms with Gasteiger partial charge in [-0.25, -0.2) is 9.59 Å². The minimum Gasteiger partial charge on any atom is -0.496 e. The number of primary amides is 1. The SMILES string of the molecule is COc1ccc(NC(N)=O)c(C(=O)O)c1-c1ccccc1C(F)(F)F. The molecule has 2 aromatic carbocycles. The fourth-order valence-corrected chi connectivity index (χ4v) is 2.43. The number of anilines is 1. The van der Waals surface area contributed by atoms with Gasteiger partial charge in [0.25, 0.3) is 0 Å². The summed E-state index contributed by atoms with van der Waals surface area (Å²) >= 11 is 0. The largest absolute Gasteiger partial charge is 0.496 e. The van der Waals surface area contributed by atoms with Crippen molar-refractivity contribution in [3.8, 4) is 16.9 Å². The van der Waals surface area contributed by atoms with Crippen LogP contribution in [-0.2, 0) is 6.18 Å². The lowest BCUT2D eigenvalue weighted by Gasteiger charge is -2.19. The molecule has 9 heteroatoms. The number of rotatable bonds is 4. The highest BCUT2D eigenvalue weighted by Crippen LogP contribution is 2.43. The average Bonchev–Trinajstić information content (AvgIpc) is 2.52. The van der Waals surface area contributed by atoms with Gasteiger partial charge in [0, 0.05) is 5.56 Å². The van der Waals surface area contributed by atoms with Gasteiger partial charge in [-0.2, -0.15) is 13.2 Å². The second-order valence-corrected chi connectivity index (χ2v) is 4.90. The lowest BCUT2D eigenvalue weighted by molar-refractivity contribution is -0.137.